The van der Waals surface area contributed by atoms with Gasteiger partial charge in [0.1, 0.15) is 0 Å². The van der Waals surface area contributed by atoms with Gasteiger partial charge in [-0.1, -0.05) is 25.1 Å². The molecule has 0 spiro atoms. The smallest absolute Gasteiger partial charge is 0.318 e. The Balaban J connectivity index is 1.70. The lowest BCUT2D eigenvalue weighted by Gasteiger charge is -2.42. The molecule has 0 bridgehead atoms. The molecule has 1 aromatic carbocycles. The van der Waals surface area contributed by atoms with Crippen LogP contribution in [0.4, 0.5) is 4.79 Å². The Morgan fingerprint density at radius 3 is 2.57 bits per heavy atom. The molecule has 8 heteroatoms. The van der Waals surface area contributed by atoms with E-state index in [0.717, 1.165) is 5.56 Å². The van der Waals surface area contributed by atoms with Gasteiger partial charge in [0.15, 0.2) is 0 Å². The molecule has 2 fully saturated rings. The van der Waals surface area contributed by atoms with Crippen LogP contribution in [-0.2, 0) is 16.4 Å². The number of nitrogens with one attached hydrogen (secondary N) is 1. The quantitative estimate of drug-likeness (QED) is 0.791. The lowest BCUT2D eigenvalue weighted by molar-refractivity contribution is 0.120. The molecule has 0 aromatic heterocycles. The molecule has 0 aliphatic carbocycles. The first-order valence-electron chi connectivity index (χ1n) is 7.73. The van der Waals surface area contributed by atoms with E-state index in [2.05, 4.69) is 5.32 Å². The van der Waals surface area contributed by atoms with Gasteiger partial charge in [-0.15, -0.1) is 0 Å². The van der Waals surface area contributed by atoms with Gasteiger partial charge in [0, 0.05) is 19.6 Å². The monoisotopic (exact) mass is 339 g/mol. The zero-order valence-corrected chi connectivity index (χ0v) is 13.8. The number of sulfonamides is 1. The van der Waals surface area contributed by atoms with E-state index >= 15 is 0 Å². The van der Waals surface area contributed by atoms with Crippen molar-refractivity contribution in [2.75, 3.05) is 26.2 Å². The van der Waals surface area contributed by atoms with E-state index in [9.17, 15) is 13.2 Å². The zero-order chi connectivity index (χ0) is 16.6. The summed E-state index contributed by atoms with van der Waals surface area (Å²) in [6.07, 6.45) is 0.652. The molecule has 1 unspecified atom stereocenters. The van der Waals surface area contributed by atoms with Gasteiger partial charge < -0.3 is 15.3 Å². The van der Waals surface area contributed by atoms with E-state index in [-0.39, 0.29) is 24.7 Å². The number of benzene rings is 1. The number of urea groups is 1. The van der Waals surface area contributed by atoms with Gasteiger partial charge in [0.2, 0.25) is 10.0 Å². The van der Waals surface area contributed by atoms with Gasteiger partial charge >= 0.3 is 6.03 Å². The summed E-state index contributed by atoms with van der Waals surface area (Å²) in [5, 5.41) is 11.8. The average molecular weight is 339 g/mol. The minimum absolute atomic E-state index is 0.110. The predicted molar refractivity (Wildman–Crippen MR) is 84.5 cm³/mol. The van der Waals surface area contributed by atoms with Crippen LogP contribution >= 0.6 is 0 Å². The van der Waals surface area contributed by atoms with Gasteiger partial charge in [-0.3, -0.25) is 0 Å². The summed E-state index contributed by atoms with van der Waals surface area (Å²) in [4.78, 5) is 13.8. The van der Waals surface area contributed by atoms with Crippen LogP contribution < -0.4 is 5.32 Å². The molecule has 3 rings (SSSR count). The standard InChI is InChI=1S/C15H21N3O4S/c1-2-11-5-3-4-6-14(11)23(21,22)17-8-13(9-17)18-7-12(10-19)16-15(18)20/h3-6,12-13,19H,2,7-10H2,1H3,(H,16,20). The number of aryl methyl sites for hydroxylation is 1. The Bertz CT molecular complexity index is 700. The highest BCUT2D eigenvalue weighted by Crippen LogP contribution is 2.27. The van der Waals surface area contributed by atoms with Crippen LogP contribution in [0.2, 0.25) is 0 Å². The fraction of sp³-hybridized carbons (Fsp3) is 0.533. The van der Waals surface area contributed by atoms with Crippen LogP contribution in [0, 0.1) is 0 Å². The Labute approximate surface area is 135 Å². The second kappa shape index (κ2) is 6.10. The topological polar surface area (TPSA) is 90.0 Å². The number of carbonyl (C=O) groups excluding carboxylic acids is 1. The molecule has 2 aliphatic heterocycles. The number of amides is 2. The van der Waals surface area contributed by atoms with Crippen molar-refractivity contribution in [1.29, 1.82) is 0 Å². The maximum atomic E-state index is 12.7. The number of aliphatic hydroxyl groups excluding tert-OH is 1. The number of carbonyl (C=O) groups is 1. The maximum absolute atomic E-state index is 12.7. The van der Waals surface area contributed by atoms with Crippen molar-refractivity contribution < 1.29 is 18.3 Å². The molecular formula is C15H21N3O4S. The first-order chi connectivity index (χ1) is 11.0. The Kier molecular flexibility index (Phi) is 4.31. The molecule has 2 saturated heterocycles. The van der Waals surface area contributed by atoms with Gasteiger partial charge in [0.05, 0.1) is 23.6 Å². The third-order valence-electron chi connectivity index (χ3n) is 4.47. The van der Waals surface area contributed by atoms with Crippen LogP contribution in [0.25, 0.3) is 0 Å². The molecule has 1 atom stereocenters. The normalized spacial score (nSPS) is 23.0. The first kappa shape index (κ1) is 16.2. The van der Waals surface area contributed by atoms with Gasteiger partial charge in [0.25, 0.3) is 0 Å². The average Bonchev–Trinajstić information content (AvgIpc) is 2.86. The highest BCUT2D eigenvalue weighted by Gasteiger charge is 2.44. The maximum Gasteiger partial charge on any atom is 0.318 e. The minimum Gasteiger partial charge on any atom is -0.394 e. The van der Waals surface area contributed by atoms with Crippen molar-refractivity contribution in [3.63, 3.8) is 0 Å². The molecule has 1 aromatic rings. The number of nitrogens with zero attached hydrogens (tertiary/aromatic N) is 2. The Morgan fingerprint density at radius 2 is 1.96 bits per heavy atom. The number of hydrogen-bond acceptors (Lipinski definition) is 4. The van der Waals surface area contributed by atoms with Gasteiger partial charge in [-0.25, -0.2) is 13.2 Å². The largest absolute Gasteiger partial charge is 0.394 e. The molecule has 0 radical (unpaired) electrons. The minimum atomic E-state index is -3.52. The number of hydrogen-bond donors (Lipinski definition) is 2. The summed E-state index contributed by atoms with van der Waals surface area (Å²) in [5.41, 5.74) is 0.801. The summed E-state index contributed by atoms with van der Waals surface area (Å²) in [5.74, 6) is 0. The Hall–Kier alpha value is -1.64. The van der Waals surface area contributed by atoms with Crippen LogP contribution in [0.1, 0.15) is 12.5 Å². The van der Waals surface area contributed by atoms with Crippen molar-refractivity contribution in [2.24, 2.45) is 0 Å². The lowest BCUT2D eigenvalue weighted by atomic mass is 10.1. The predicted octanol–water partition coefficient (Wildman–Crippen LogP) is 0.00800. The fourth-order valence-electron chi connectivity index (χ4n) is 3.04. The Morgan fingerprint density at radius 1 is 1.26 bits per heavy atom. The van der Waals surface area contributed by atoms with Crippen LogP contribution in [0.15, 0.2) is 29.2 Å². The lowest BCUT2D eigenvalue weighted by Crippen LogP contribution is -2.61. The molecule has 2 amide bonds. The van der Waals surface area contributed by atoms with E-state index in [1.165, 1.54) is 4.31 Å². The number of aliphatic hydroxyl groups is 1. The molecular weight excluding hydrogens is 318 g/mol. The number of rotatable bonds is 5. The van der Waals surface area contributed by atoms with E-state index in [1.807, 2.05) is 19.1 Å². The third kappa shape index (κ3) is 2.82. The highest BCUT2D eigenvalue weighted by molar-refractivity contribution is 7.89. The molecule has 2 aliphatic rings. The zero-order valence-electron chi connectivity index (χ0n) is 13.0. The van der Waals surface area contributed by atoms with Crippen molar-refractivity contribution >= 4 is 16.1 Å². The fourth-order valence-corrected chi connectivity index (χ4v) is 4.85. The van der Waals surface area contributed by atoms with Crippen LogP contribution in [0.5, 0.6) is 0 Å². The van der Waals surface area contributed by atoms with Crippen LogP contribution in [-0.4, -0.2) is 67.1 Å². The molecule has 2 heterocycles. The van der Waals surface area contributed by atoms with Gasteiger partial charge in [-0.05, 0) is 18.1 Å². The molecule has 0 saturated carbocycles. The molecule has 126 valence electrons. The molecule has 23 heavy (non-hydrogen) atoms. The summed E-state index contributed by atoms with van der Waals surface area (Å²) < 4.78 is 26.9. The second-order valence-corrected chi connectivity index (χ2v) is 7.82. The summed E-state index contributed by atoms with van der Waals surface area (Å²) in [6, 6.07) is 6.38. The molecule has 2 N–H and O–H groups in total. The summed E-state index contributed by atoms with van der Waals surface area (Å²) >= 11 is 0. The first-order valence-corrected chi connectivity index (χ1v) is 9.17. The third-order valence-corrected chi connectivity index (χ3v) is 6.40. The van der Waals surface area contributed by atoms with E-state index < -0.39 is 10.0 Å². The SMILES string of the molecule is CCc1ccccc1S(=O)(=O)N1CC(N2CC(CO)NC2=O)C1. The van der Waals surface area contributed by atoms with E-state index in [1.54, 1.807) is 17.0 Å². The van der Waals surface area contributed by atoms with Gasteiger partial charge in [-0.2, -0.15) is 4.31 Å². The molecule has 7 nitrogen and oxygen atoms in total. The van der Waals surface area contributed by atoms with E-state index in [0.29, 0.717) is 31.0 Å². The van der Waals surface area contributed by atoms with Crippen LogP contribution in [0.3, 0.4) is 0 Å². The highest BCUT2D eigenvalue weighted by atomic mass is 32.2. The van der Waals surface area contributed by atoms with E-state index in [4.69, 9.17) is 5.11 Å². The summed E-state index contributed by atoms with van der Waals surface area (Å²) in [6.45, 7) is 2.83. The van der Waals surface area contributed by atoms with Crippen molar-refractivity contribution in [2.45, 2.75) is 30.3 Å². The summed E-state index contributed by atoms with van der Waals surface area (Å²) in [7, 11) is -3.52. The van der Waals surface area contributed by atoms with Crippen molar-refractivity contribution in [3.05, 3.63) is 29.8 Å². The van der Waals surface area contributed by atoms with Crippen molar-refractivity contribution in [3.8, 4) is 0 Å². The second-order valence-electron chi connectivity index (χ2n) is 5.92. The van der Waals surface area contributed by atoms with Crippen molar-refractivity contribution in [1.82, 2.24) is 14.5 Å².